The lowest BCUT2D eigenvalue weighted by Crippen LogP contribution is -2.37. The number of ether oxygens (including phenoxy) is 3. The summed E-state index contributed by atoms with van der Waals surface area (Å²) in [5.41, 5.74) is 1.57. The summed E-state index contributed by atoms with van der Waals surface area (Å²) in [5, 5.41) is 4.03. The van der Waals surface area contributed by atoms with E-state index in [9.17, 15) is 9.59 Å². The number of carbonyl (C=O) groups excluding carboxylic acids is 2. The maximum absolute atomic E-state index is 13.4. The van der Waals surface area contributed by atoms with Gasteiger partial charge < -0.3 is 24.4 Å². The molecule has 1 fully saturated rings. The third-order valence-electron chi connectivity index (χ3n) is 6.77. The number of morpholine rings is 1. The lowest BCUT2D eigenvalue weighted by atomic mass is 9.87. The van der Waals surface area contributed by atoms with E-state index in [4.69, 9.17) is 14.2 Å². The number of hydrogen-bond acceptors (Lipinski definition) is 8. The maximum atomic E-state index is 13.4. The Bertz CT molecular complexity index is 1560. The zero-order valence-electron chi connectivity index (χ0n) is 23.1. The van der Waals surface area contributed by atoms with E-state index in [1.165, 1.54) is 7.11 Å². The van der Waals surface area contributed by atoms with Crippen molar-refractivity contribution in [2.24, 2.45) is 0 Å². The van der Waals surface area contributed by atoms with Crippen LogP contribution in [-0.2, 0) is 14.9 Å². The van der Waals surface area contributed by atoms with Crippen LogP contribution in [0.25, 0.3) is 10.8 Å². The number of nitrogens with zero attached hydrogens (tertiary/aromatic N) is 3. The minimum absolute atomic E-state index is 0.144. The van der Waals surface area contributed by atoms with Crippen LogP contribution in [0.4, 0.5) is 11.6 Å². The summed E-state index contributed by atoms with van der Waals surface area (Å²) >= 11 is 0. The number of anilines is 2. The minimum atomic E-state index is -0.755. The average molecular weight is 541 g/mol. The normalized spacial score (nSPS) is 13.7. The van der Waals surface area contributed by atoms with Crippen LogP contribution in [0.3, 0.4) is 0 Å². The lowest BCUT2D eigenvalue weighted by molar-refractivity contribution is -0.112. The Labute approximate surface area is 233 Å². The van der Waals surface area contributed by atoms with Gasteiger partial charge in [-0.3, -0.25) is 9.59 Å². The van der Waals surface area contributed by atoms with Crippen molar-refractivity contribution >= 4 is 34.1 Å². The van der Waals surface area contributed by atoms with E-state index >= 15 is 0 Å². The van der Waals surface area contributed by atoms with Crippen LogP contribution in [0.15, 0.2) is 66.9 Å². The molecule has 0 aliphatic carbocycles. The highest BCUT2D eigenvalue weighted by molar-refractivity contribution is 6.48. The molecule has 9 heteroatoms. The minimum Gasteiger partial charge on any atom is -0.495 e. The fourth-order valence-electron chi connectivity index (χ4n) is 4.55. The molecule has 0 spiro atoms. The molecule has 4 aromatic rings. The summed E-state index contributed by atoms with van der Waals surface area (Å²) in [4.78, 5) is 37.6. The molecule has 1 amide bonds. The third kappa shape index (κ3) is 5.74. The Hall–Kier alpha value is -4.50. The third-order valence-corrected chi connectivity index (χ3v) is 6.77. The van der Waals surface area contributed by atoms with E-state index in [0.29, 0.717) is 66.1 Å². The Morgan fingerprint density at radius 2 is 1.68 bits per heavy atom. The topological polar surface area (TPSA) is 103 Å². The maximum Gasteiger partial charge on any atom is 0.296 e. The van der Waals surface area contributed by atoms with Gasteiger partial charge in [0.05, 0.1) is 26.0 Å². The van der Waals surface area contributed by atoms with E-state index in [0.717, 1.165) is 5.56 Å². The monoisotopic (exact) mass is 540 g/mol. The van der Waals surface area contributed by atoms with E-state index in [1.54, 1.807) is 36.5 Å². The number of carbonyl (C=O) groups is 2. The molecular formula is C31H32N4O5. The zero-order chi connectivity index (χ0) is 28.3. The quantitative estimate of drug-likeness (QED) is 0.246. The van der Waals surface area contributed by atoms with E-state index < -0.39 is 11.7 Å². The van der Waals surface area contributed by atoms with Gasteiger partial charge in [0.15, 0.2) is 0 Å². The fraction of sp³-hybridized carbons (Fsp3) is 0.290. The van der Waals surface area contributed by atoms with Gasteiger partial charge >= 0.3 is 0 Å². The van der Waals surface area contributed by atoms with E-state index in [-0.39, 0.29) is 11.0 Å². The number of rotatable bonds is 7. The summed E-state index contributed by atoms with van der Waals surface area (Å²) in [7, 11) is 1.53. The Kier molecular flexibility index (Phi) is 7.66. The second-order valence-corrected chi connectivity index (χ2v) is 10.5. The fourth-order valence-corrected chi connectivity index (χ4v) is 4.55. The summed E-state index contributed by atoms with van der Waals surface area (Å²) in [5.74, 6) is 0.517. The first-order valence-electron chi connectivity index (χ1n) is 13.1. The first-order chi connectivity index (χ1) is 19.2. The SMILES string of the molecule is COc1ccc(C(C)(C)C)cc1NC(=O)C(=O)c1ccc(Oc2ccnc(N3CCOCC3)n2)c2ccccc12. The predicted octanol–water partition coefficient (Wildman–Crippen LogP) is 5.39. The summed E-state index contributed by atoms with van der Waals surface area (Å²) < 4.78 is 17.0. The Morgan fingerprint density at radius 1 is 0.950 bits per heavy atom. The molecule has 1 aromatic heterocycles. The number of Topliss-reactive ketones (excluding diaryl/α,β-unsaturated/α-hetero) is 1. The highest BCUT2D eigenvalue weighted by Crippen LogP contribution is 2.34. The number of ketones is 1. The standard InChI is InChI=1S/C31H32N4O5/c1-31(2,3)20-9-11-26(38-4)24(19-20)33-29(37)28(36)23-10-12-25(22-8-6-5-7-21(22)23)40-27-13-14-32-30(34-27)35-15-17-39-18-16-35/h5-14,19H,15-18H2,1-4H3,(H,33,37). The molecule has 1 aliphatic heterocycles. The van der Waals surface area contributed by atoms with Gasteiger partial charge in [0.2, 0.25) is 11.8 Å². The van der Waals surface area contributed by atoms with Crippen LogP contribution in [-0.4, -0.2) is 55.1 Å². The molecule has 5 rings (SSSR count). The molecule has 2 heterocycles. The van der Waals surface area contributed by atoms with Crippen LogP contribution in [0.1, 0.15) is 36.7 Å². The van der Waals surface area contributed by atoms with Crippen LogP contribution >= 0.6 is 0 Å². The van der Waals surface area contributed by atoms with Gasteiger partial charge in [-0.25, -0.2) is 4.98 Å². The van der Waals surface area contributed by atoms with Crippen molar-refractivity contribution < 1.29 is 23.8 Å². The molecule has 0 radical (unpaired) electrons. The lowest BCUT2D eigenvalue weighted by Gasteiger charge is -2.26. The number of nitrogens with one attached hydrogen (secondary N) is 1. The van der Waals surface area contributed by atoms with Crippen molar-refractivity contribution in [2.75, 3.05) is 43.6 Å². The van der Waals surface area contributed by atoms with Gasteiger partial charge in [0, 0.05) is 36.3 Å². The van der Waals surface area contributed by atoms with Crippen LogP contribution in [0, 0.1) is 0 Å². The molecule has 40 heavy (non-hydrogen) atoms. The second kappa shape index (κ2) is 11.3. The highest BCUT2D eigenvalue weighted by Gasteiger charge is 2.23. The molecule has 3 aromatic carbocycles. The highest BCUT2D eigenvalue weighted by atomic mass is 16.5. The first kappa shape index (κ1) is 27.1. The van der Waals surface area contributed by atoms with Gasteiger partial charge in [-0.2, -0.15) is 4.98 Å². The van der Waals surface area contributed by atoms with Gasteiger partial charge in [-0.05, 0) is 40.6 Å². The molecule has 206 valence electrons. The van der Waals surface area contributed by atoms with Crippen molar-refractivity contribution in [3.63, 3.8) is 0 Å². The number of benzene rings is 3. The smallest absolute Gasteiger partial charge is 0.296 e. The van der Waals surface area contributed by atoms with Crippen molar-refractivity contribution in [3.8, 4) is 17.4 Å². The molecule has 9 nitrogen and oxygen atoms in total. The molecular weight excluding hydrogens is 508 g/mol. The van der Waals surface area contributed by atoms with Crippen molar-refractivity contribution in [2.45, 2.75) is 26.2 Å². The number of aromatic nitrogens is 2. The largest absolute Gasteiger partial charge is 0.495 e. The number of hydrogen-bond donors (Lipinski definition) is 1. The molecule has 0 unspecified atom stereocenters. The number of fused-ring (bicyclic) bond motifs is 1. The molecule has 1 saturated heterocycles. The van der Waals surface area contributed by atoms with Crippen molar-refractivity contribution in [3.05, 3.63) is 78.0 Å². The van der Waals surface area contributed by atoms with Crippen LogP contribution in [0.5, 0.6) is 17.4 Å². The Morgan fingerprint density at radius 3 is 2.40 bits per heavy atom. The predicted molar refractivity (Wildman–Crippen MR) is 154 cm³/mol. The molecule has 0 saturated carbocycles. The Balaban J connectivity index is 1.41. The molecule has 0 atom stereocenters. The summed E-state index contributed by atoms with van der Waals surface area (Å²) in [6, 6.07) is 17.9. The van der Waals surface area contributed by atoms with Gasteiger partial charge in [0.25, 0.3) is 11.7 Å². The van der Waals surface area contributed by atoms with Crippen LogP contribution < -0.4 is 19.7 Å². The molecule has 0 bridgehead atoms. The van der Waals surface area contributed by atoms with Crippen LogP contribution in [0.2, 0.25) is 0 Å². The summed E-state index contributed by atoms with van der Waals surface area (Å²) in [6.45, 7) is 8.88. The second-order valence-electron chi connectivity index (χ2n) is 10.5. The van der Waals surface area contributed by atoms with E-state index in [2.05, 4.69) is 36.1 Å². The molecule has 1 N–H and O–H groups in total. The number of methoxy groups -OCH3 is 1. The first-order valence-corrected chi connectivity index (χ1v) is 13.1. The number of amides is 1. The summed E-state index contributed by atoms with van der Waals surface area (Å²) in [6.07, 6.45) is 1.65. The van der Waals surface area contributed by atoms with Crippen molar-refractivity contribution in [1.82, 2.24) is 9.97 Å². The average Bonchev–Trinajstić information content (AvgIpc) is 2.97. The van der Waals surface area contributed by atoms with Gasteiger partial charge in [-0.15, -0.1) is 0 Å². The van der Waals surface area contributed by atoms with Gasteiger partial charge in [0.1, 0.15) is 11.5 Å². The molecule has 1 aliphatic rings. The van der Waals surface area contributed by atoms with Crippen molar-refractivity contribution in [1.29, 1.82) is 0 Å². The van der Waals surface area contributed by atoms with Gasteiger partial charge in [-0.1, -0.05) is 51.1 Å². The zero-order valence-corrected chi connectivity index (χ0v) is 23.1. The van der Waals surface area contributed by atoms with E-state index in [1.807, 2.05) is 35.2 Å².